The van der Waals surface area contributed by atoms with Gasteiger partial charge in [0.05, 0.1) is 9.79 Å². The van der Waals surface area contributed by atoms with Crippen LogP contribution in [0.2, 0.25) is 10.0 Å². The average molecular weight is 477 g/mol. The number of sulfonamides is 1. The topological polar surface area (TPSA) is 101 Å². The second kappa shape index (κ2) is 8.61. The molecule has 156 valence electrons. The molecule has 1 saturated heterocycles. The zero-order chi connectivity index (χ0) is 21.2. The van der Waals surface area contributed by atoms with Crippen molar-refractivity contribution >= 4 is 49.0 Å². The first-order chi connectivity index (χ1) is 13.6. The molecule has 1 heterocycles. The van der Waals surface area contributed by atoms with E-state index in [4.69, 9.17) is 23.2 Å². The summed E-state index contributed by atoms with van der Waals surface area (Å²) in [5, 5.41) is 0.0443. The Bertz CT molecular complexity index is 1110. The maximum atomic E-state index is 12.5. The molecule has 7 nitrogen and oxygen atoms in total. The maximum Gasteiger partial charge on any atom is 0.240 e. The fourth-order valence-corrected chi connectivity index (χ4v) is 5.93. The van der Waals surface area contributed by atoms with Crippen molar-refractivity contribution in [3.63, 3.8) is 0 Å². The fourth-order valence-electron chi connectivity index (χ4n) is 2.82. The van der Waals surface area contributed by atoms with Gasteiger partial charge in [-0.15, -0.1) is 0 Å². The minimum atomic E-state index is -3.78. The van der Waals surface area contributed by atoms with Gasteiger partial charge in [0.1, 0.15) is 5.25 Å². The van der Waals surface area contributed by atoms with Crippen LogP contribution >= 0.6 is 23.2 Å². The van der Waals surface area contributed by atoms with Crippen molar-refractivity contribution in [2.24, 2.45) is 0 Å². The molecule has 29 heavy (non-hydrogen) atoms. The van der Waals surface area contributed by atoms with E-state index in [9.17, 15) is 21.6 Å². The van der Waals surface area contributed by atoms with Crippen molar-refractivity contribution < 1.29 is 21.6 Å². The molecule has 1 aliphatic rings. The van der Waals surface area contributed by atoms with E-state index in [2.05, 4.69) is 4.72 Å². The van der Waals surface area contributed by atoms with Crippen LogP contribution in [0.25, 0.3) is 0 Å². The highest BCUT2D eigenvalue weighted by Crippen LogP contribution is 2.25. The lowest BCUT2D eigenvalue weighted by Crippen LogP contribution is -2.57. The van der Waals surface area contributed by atoms with Crippen molar-refractivity contribution in [2.45, 2.75) is 21.5 Å². The molecule has 1 N–H and O–H groups in total. The Morgan fingerprint density at radius 3 is 2.24 bits per heavy atom. The Morgan fingerprint density at radius 2 is 1.62 bits per heavy atom. The molecular weight excluding hydrogens is 459 g/mol. The normalized spacial score (nSPS) is 15.2. The van der Waals surface area contributed by atoms with E-state index in [1.807, 2.05) is 0 Å². The summed E-state index contributed by atoms with van der Waals surface area (Å²) < 4.78 is 51.8. The largest absolute Gasteiger partial charge is 0.340 e. The zero-order valence-corrected chi connectivity index (χ0v) is 18.2. The molecule has 0 bridgehead atoms. The van der Waals surface area contributed by atoms with E-state index in [0.29, 0.717) is 5.02 Å². The van der Waals surface area contributed by atoms with Crippen LogP contribution in [0.5, 0.6) is 0 Å². The van der Waals surface area contributed by atoms with Crippen LogP contribution in [0.4, 0.5) is 0 Å². The lowest BCUT2D eigenvalue weighted by molar-refractivity contribution is -0.134. The Morgan fingerprint density at radius 1 is 0.966 bits per heavy atom. The minimum Gasteiger partial charge on any atom is -0.340 e. The molecule has 11 heteroatoms. The van der Waals surface area contributed by atoms with E-state index in [1.54, 1.807) is 6.07 Å². The van der Waals surface area contributed by atoms with Crippen molar-refractivity contribution in [1.29, 1.82) is 0 Å². The van der Waals surface area contributed by atoms with Crippen molar-refractivity contribution in [3.8, 4) is 0 Å². The van der Waals surface area contributed by atoms with Crippen molar-refractivity contribution in [3.05, 3.63) is 58.6 Å². The number of nitrogens with zero attached hydrogens (tertiary/aromatic N) is 1. The molecule has 0 atom stereocenters. The number of likely N-dealkylation sites (tertiary alicyclic amines) is 1. The smallest absolute Gasteiger partial charge is 0.240 e. The maximum absolute atomic E-state index is 12.5. The second-order valence-electron chi connectivity index (χ2n) is 6.52. The number of hydrogen-bond acceptors (Lipinski definition) is 5. The summed E-state index contributed by atoms with van der Waals surface area (Å²) in [6, 6.07) is 11.7. The second-order valence-corrected chi connectivity index (χ2v) is 11.4. The highest BCUT2D eigenvalue weighted by atomic mass is 35.5. The molecule has 1 amide bonds. The number of nitrogens with one attached hydrogen (secondary N) is 1. The molecule has 0 aromatic heterocycles. The number of amides is 1. The predicted octanol–water partition coefficient (Wildman–Crippen LogP) is 2.35. The molecule has 0 saturated carbocycles. The van der Waals surface area contributed by atoms with Gasteiger partial charge in [0.2, 0.25) is 15.9 Å². The van der Waals surface area contributed by atoms with E-state index in [-0.39, 0.29) is 46.8 Å². The van der Waals surface area contributed by atoms with Gasteiger partial charge in [-0.05, 0) is 42.5 Å². The number of rotatable bonds is 7. The summed E-state index contributed by atoms with van der Waals surface area (Å²) >= 11 is 11.6. The van der Waals surface area contributed by atoms with Gasteiger partial charge in [0.15, 0.2) is 9.84 Å². The van der Waals surface area contributed by atoms with Crippen LogP contribution in [0.15, 0.2) is 58.3 Å². The van der Waals surface area contributed by atoms with Crippen LogP contribution < -0.4 is 4.72 Å². The molecule has 3 rings (SSSR count). The summed E-state index contributed by atoms with van der Waals surface area (Å²) in [7, 11) is -7.32. The van der Waals surface area contributed by atoms with Crippen molar-refractivity contribution in [2.75, 3.05) is 19.6 Å². The Hall–Kier alpha value is -1.65. The SMILES string of the molecule is O=C(CCNS(=O)(=O)c1cccc(Cl)c1)N1CC(S(=O)(=O)c2ccc(Cl)cc2)C1. The molecule has 2 aromatic rings. The first kappa shape index (κ1) is 22.0. The lowest BCUT2D eigenvalue weighted by Gasteiger charge is -2.38. The monoisotopic (exact) mass is 476 g/mol. The lowest BCUT2D eigenvalue weighted by atomic mass is 10.2. The third-order valence-corrected chi connectivity index (χ3v) is 8.57. The van der Waals surface area contributed by atoms with E-state index in [0.717, 1.165) is 0 Å². The van der Waals surface area contributed by atoms with Crippen LogP contribution in [-0.4, -0.2) is 52.5 Å². The average Bonchev–Trinajstić information content (AvgIpc) is 2.60. The van der Waals surface area contributed by atoms with Gasteiger partial charge in [-0.1, -0.05) is 29.3 Å². The molecular formula is C18H18Cl2N2O5S2. The van der Waals surface area contributed by atoms with E-state index < -0.39 is 25.1 Å². The number of carbonyl (C=O) groups is 1. The Labute approximate surface area is 179 Å². The summed E-state index contributed by atoms with van der Waals surface area (Å²) in [6.07, 6.45) is -0.0759. The van der Waals surface area contributed by atoms with Crippen LogP contribution in [-0.2, 0) is 24.7 Å². The molecule has 1 fully saturated rings. The Kier molecular flexibility index (Phi) is 6.54. The molecule has 0 radical (unpaired) electrons. The standard InChI is InChI=1S/C18H18Cl2N2O5S2/c19-13-4-6-15(7-5-13)28(24,25)17-11-22(12-17)18(23)8-9-21-29(26,27)16-3-1-2-14(20)10-16/h1-7,10,17,21H,8-9,11-12H2. The first-order valence-corrected chi connectivity index (χ1v) is 12.4. The number of carbonyl (C=O) groups excluding carboxylic acids is 1. The first-order valence-electron chi connectivity index (χ1n) is 8.62. The van der Waals surface area contributed by atoms with Gasteiger partial charge >= 0.3 is 0 Å². The molecule has 2 aromatic carbocycles. The van der Waals surface area contributed by atoms with Gasteiger partial charge < -0.3 is 4.90 Å². The van der Waals surface area contributed by atoms with Gasteiger partial charge in [-0.3, -0.25) is 4.79 Å². The minimum absolute atomic E-state index is 0.00974. The van der Waals surface area contributed by atoms with Gasteiger partial charge in [0, 0.05) is 36.1 Å². The molecule has 0 spiro atoms. The fraction of sp³-hybridized carbons (Fsp3) is 0.278. The van der Waals surface area contributed by atoms with Crippen molar-refractivity contribution in [1.82, 2.24) is 9.62 Å². The third-order valence-electron chi connectivity index (χ3n) is 4.52. The van der Waals surface area contributed by atoms with E-state index >= 15 is 0 Å². The highest BCUT2D eigenvalue weighted by molar-refractivity contribution is 7.92. The number of hydrogen-bond donors (Lipinski definition) is 1. The highest BCUT2D eigenvalue weighted by Gasteiger charge is 2.40. The zero-order valence-electron chi connectivity index (χ0n) is 15.1. The van der Waals surface area contributed by atoms with E-state index in [1.165, 1.54) is 47.4 Å². The summed E-state index contributed by atoms with van der Waals surface area (Å²) in [5.41, 5.74) is 0. The number of halogens is 2. The number of sulfone groups is 1. The molecule has 1 aliphatic heterocycles. The van der Waals surface area contributed by atoms with Gasteiger partial charge in [-0.25, -0.2) is 21.6 Å². The van der Waals surface area contributed by atoms with Crippen LogP contribution in [0.1, 0.15) is 6.42 Å². The summed E-state index contributed by atoms with van der Waals surface area (Å²) in [5.74, 6) is -0.318. The molecule has 0 aliphatic carbocycles. The molecule has 0 unspecified atom stereocenters. The predicted molar refractivity (Wildman–Crippen MR) is 110 cm³/mol. The van der Waals surface area contributed by atoms with Crippen LogP contribution in [0, 0.1) is 0 Å². The summed E-state index contributed by atoms with van der Waals surface area (Å²) in [4.78, 5) is 13.8. The van der Waals surface area contributed by atoms with Gasteiger partial charge in [0.25, 0.3) is 0 Å². The van der Waals surface area contributed by atoms with Crippen LogP contribution in [0.3, 0.4) is 0 Å². The summed E-state index contributed by atoms with van der Waals surface area (Å²) in [6.45, 7) is 0.0501. The third kappa shape index (κ3) is 5.10. The number of benzene rings is 2. The van der Waals surface area contributed by atoms with Gasteiger partial charge in [-0.2, -0.15) is 0 Å². The quantitative estimate of drug-likeness (QED) is 0.660. The Balaban J connectivity index is 1.50.